The van der Waals surface area contributed by atoms with E-state index in [1.807, 2.05) is 6.92 Å². The van der Waals surface area contributed by atoms with E-state index in [0.29, 0.717) is 77.2 Å². The average molecular weight is 1020 g/mol. The summed E-state index contributed by atoms with van der Waals surface area (Å²) < 4.78 is 40.4. The first kappa shape index (κ1) is 66.5. The molecule has 0 spiro atoms. The lowest BCUT2D eigenvalue weighted by molar-refractivity contribution is -0.162. The minimum Gasteiger partial charge on any atom is -0.466 e. The Kier molecular flexibility index (Phi) is 44.8. The van der Waals surface area contributed by atoms with Gasteiger partial charge in [-0.3, -0.25) is 19.2 Å². The number of allylic oxidation sites excluding steroid dienone is 4. The zero-order valence-corrected chi connectivity index (χ0v) is 46.2. The number of amides is 1. The lowest BCUT2D eigenvalue weighted by atomic mass is 9.92. The first-order valence-corrected chi connectivity index (χ1v) is 29.0. The van der Waals surface area contributed by atoms with E-state index in [9.17, 15) is 24.0 Å². The molecule has 1 amide bonds. The van der Waals surface area contributed by atoms with E-state index >= 15 is 0 Å². The maximum atomic E-state index is 13.1. The highest BCUT2D eigenvalue weighted by atomic mass is 16.7. The molecule has 1 aliphatic heterocycles. The zero-order valence-electron chi connectivity index (χ0n) is 46.2. The zero-order chi connectivity index (χ0) is 52.5. The number of carbonyl (C=O) groups is 5. The molecule has 1 aliphatic rings. The minimum absolute atomic E-state index is 0.0243. The fourth-order valence-corrected chi connectivity index (χ4v) is 8.48. The third kappa shape index (κ3) is 40.9. The molecule has 0 aliphatic carbocycles. The van der Waals surface area contributed by atoms with Crippen molar-refractivity contribution in [3.05, 3.63) is 24.3 Å². The topological polar surface area (TPSA) is 165 Å². The summed E-state index contributed by atoms with van der Waals surface area (Å²) in [5.41, 5.74) is 0. The molecule has 418 valence electrons. The van der Waals surface area contributed by atoms with Gasteiger partial charge in [0.15, 0.2) is 6.29 Å². The molecule has 0 aromatic carbocycles. The molecule has 0 bridgehead atoms. The highest BCUT2D eigenvalue weighted by Gasteiger charge is 2.22. The molecule has 2 unspecified atom stereocenters. The van der Waals surface area contributed by atoms with Crippen molar-refractivity contribution in [3.8, 4) is 0 Å². The Morgan fingerprint density at radius 1 is 0.486 bits per heavy atom. The number of esters is 4. The van der Waals surface area contributed by atoms with Gasteiger partial charge in [-0.2, -0.15) is 0 Å². The summed E-state index contributed by atoms with van der Waals surface area (Å²) in [6.07, 6.45) is 32.4. The van der Waals surface area contributed by atoms with Crippen LogP contribution in [0.1, 0.15) is 227 Å². The number of rotatable bonds is 49. The van der Waals surface area contributed by atoms with E-state index < -0.39 is 42.3 Å². The van der Waals surface area contributed by atoms with E-state index in [4.69, 9.17) is 33.2 Å². The number of nitrogens with zero attached hydrogens (tertiary/aromatic N) is 1. The standard InChI is InChI=1S/C58H104N2O12/c1-6-11-15-17-19-28-44-67-57(68-45-29-20-18-16-12-7-2)38-37-56(64)71-49-51(48-70-55(63)36-35-52(30-10-5)72-58(65)59-40-43-60-41-26-27-42-60)47-69-54(62)34-25-21-24-33-53(61)66-46-39-50(31-22-13-8-3)32-23-14-9-4/h11-12,15-16,50-52,57H,6-10,13-14,17-49H2,1-5H3,(H,59,65)/b15-11-,16-12-. The second kappa shape index (κ2) is 48.4. The largest absolute Gasteiger partial charge is 0.466 e. The first-order valence-electron chi connectivity index (χ1n) is 29.0. The Labute approximate surface area is 437 Å². The Hall–Kier alpha value is -3.49. The summed E-state index contributed by atoms with van der Waals surface area (Å²) in [6.45, 7) is 15.2. The van der Waals surface area contributed by atoms with Gasteiger partial charge in [-0.1, -0.05) is 123 Å². The molecule has 1 heterocycles. The van der Waals surface area contributed by atoms with Gasteiger partial charge in [0.25, 0.3) is 0 Å². The van der Waals surface area contributed by atoms with Crippen LogP contribution >= 0.6 is 0 Å². The Morgan fingerprint density at radius 3 is 1.54 bits per heavy atom. The SMILES string of the molecule is CC/C=C\CCCCOC(CCC(=O)OCC(COC(=O)CCCCCC(=O)OCCC(CCCCC)CCCCC)COC(=O)CCC(CCC)OC(=O)NCCN1CCCC1)OCCCC/C=C\CC. The molecule has 1 N–H and O–H groups in total. The van der Waals surface area contributed by atoms with Crippen LogP contribution in [0.4, 0.5) is 4.79 Å². The van der Waals surface area contributed by atoms with Crippen LogP contribution in [0.15, 0.2) is 24.3 Å². The summed E-state index contributed by atoms with van der Waals surface area (Å²) in [5.74, 6) is -1.57. The molecular weight excluding hydrogens is 917 g/mol. The van der Waals surface area contributed by atoms with Crippen molar-refractivity contribution in [2.75, 3.05) is 65.8 Å². The molecule has 0 saturated carbocycles. The number of alkyl carbamates (subject to hydrolysis) is 1. The highest BCUT2D eigenvalue weighted by molar-refractivity contribution is 5.71. The summed E-state index contributed by atoms with van der Waals surface area (Å²) in [6, 6.07) is 0. The van der Waals surface area contributed by atoms with Crippen LogP contribution in [0.5, 0.6) is 0 Å². The predicted octanol–water partition coefficient (Wildman–Crippen LogP) is 13.1. The summed E-state index contributed by atoms with van der Waals surface area (Å²) in [5, 5.41) is 2.83. The summed E-state index contributed by atoms with van der Waals surface area (Å²) >= 11 is 0. The van der Waals surface area contributed by atoms with Crippen LogP contribution in [0.25, 0.3) is 0 Å². The third-order valence-electron chi connectivity index (χ3n) is 12.9. The normalized spacial score (nSPS) is 13.8. The molecule has 2 atom stereocenters. The number of likely N-dealkylation sites (tertiary alicyclic amines) is 1. The molecule has 0 radical (unpaired) electrons. The van der Waals surface area contributed by atoms with Gasteiger partial charge < -0.3 is 43.4 Å². The Balaban J connectivity index is 2.73. The van der Waals surface area contributed by atoms with Crippen LogP contribution in [0.3, 0.4) is 0 Å². The molecule has 1 saturated heterocycles. The van der Waals surface area contributed by atoms with Gasteiger partial charge in [-0.25, -0.2) is 4.79 Å². The van der Waals surface area contributed by atoms with Crippen LogP contribution < -0.4 is 5.32 Å². The fourth-order valence-electron chi connectivity index (χ4n) is 8.48. The molecule has 0 aromatic heterocycles. The number of ether oxygens (including phenoxy) is 7. The summed E-state index contributed by atoms with van der Waals surface area (Å²) in [4.78, 5) is 66.4. The van der Waals surface area contributed by atoms with Crippen LogP contribution in [0, 0.1) is 11.8 Å². The predicted molar refractivity (Wildman–Crippen MR) is 286 cm³/mol. The van der Waals surface area contributed by atoms with Crippen LogP contribution in [-0.2, 0) is 52.3 Å². The quantitative estimate of drug-likeness (QED) is 0.0201. The van der Waals surface area contributed by atoms with E-state index in [1.54, 1.807) is 0 Å². The number of unbranched alkanes of at least 4 members (excludes halogenated alkanes) is 10. The van der Waals surface area contributed by atoms with Crippen molar-refractivity contribution in [2.45, 2.75) is 240 Å². The van der Waals surface area contributed by atoms with Crippen molar-refractivity contribution in [2.24, 2.45) is 11.8 Å². The van der Waals surface area contributed by atoms with E-state index in [1.165, 1.54) is 64.2 Å². The third-order valence-corrected chi connectivity index (χ3v) is 12.9. The van der Waals surface area contributed by atoms with Crippen molar-refractivity contribution in [1.82, 2.24) is 10.2 Å². The van der Waals surface area contributed by atoms with Gasteiger partial charge in [-0.05, 0) is 115 Å². The second-order valence-electron chi connectivity index (χ2n) is 19.6. The summed E-state index contributed by atoms with van der Waals surface area (Å²) in [7, 11) is 0. The van der Waals surface area contributed by atoms with Gasteiger partial charge in [0.2, 0.25) is 0 Å². The molecule has 14 heteroatoms. The molecule has 0 aromatic rings. The number of nitrogens with one attached hydrogen (secondary N) is 1. The number of carbonyl (C=O) groups excluding carboxylic acids is 5. The maximum absolute atomic E-state index is 13.1. The molecular formula is C58H104N2O12. The van der Waals surface area contributed by atoms with Gasteiger partial charge in [0.1, 0.15) is 25.9 Å². The lowest BCUT2D eigenvalue weighted by Gasteiger charge is -2.20. The fraction of sp³-hybridized carbons (Fsp3) is 0.845. The first-order chi connectivity index (χ1) is 35.1. The smallest absolute Gasteiger partial charge is 0.407 e. The molecule has 1 rings (SSSR count). The van der Waals surface area contributed by atoms with Crippen molar-refractivity contribution < 1.29 is 57.1 Å². The van der Waals surface area contributed by atoms with Crippen molar-refractivity contribution in [1.29, 1.82) is 0 Å². The molecule has 14 nitrogen and oxygen atoms in total. The van der Waals surface area contributed by atoms with E-state index in [0.717, 1.165) is 83.8 Å². The van der Waals surface area contributed by atoms with Gasteiger partial charge in [0.05, 0.1) is 18.9 Å². The van der Waals surface area contributed by atoms with Crippen molar-refractivity contribution >= 4 is 30.0 Å². The maximum Gasteiger partial charge on any atom is 0.407 e. The van der Waals surface area contributed by atoms with Gasteiger partial charge in [-0.15, -0.1) is 0 Å². The monoisotopic (exact) mass is 1020 g/mol. The van der Waals surface area contributed by atoms with Gasteiger partial charge >= 0.3 is 30.0 Å². The van der Waals surface area contributed by atoms with Crippen molar-refractivity contribution in [3.63, 3.8) is 0 Å². The minimum atomic E-state index is -0.606. The average Bonchev–Trinajstić information content (AvgIpc) is 3.89. The van der Waals surface area contributed by atoms with E-state index in [2.05, 4.69) is 62.2 Å². The van der Waals surface area contributed by atoms with Crippen LogP contribution in [0.2, 0.25) is 0 Å². The molecule has 72 heavy (non-hydrogen) atoms. The Bertz CT molecular complexity index is 1370. The number of hydrogen-bond acceptors (Lipinski definition) is 13. The second-order valence-corrected chi connectivity index (χ2v) is 19.6. The van der Waals surface area contributed by atoms with Gasteiger partial charge in [0, 0.05) is 52.0 Å². The highest BCUT2D eigenvalue weighted by Crippen LogP contribution is 2.22. The Morgan fingerprint density at radius 2 is 1.01 bits per heavy atom. The van der Waals surface area contributed by atoms with E-state index in [-0.39, 0.29) is 45.1 Å². The van der Waals surface area contributed by atoms with Crippen LogP contribution in [-0.4, -0.2) is 113 Å². The lowest BCUT2D eigenvalue weighted by Crippen LogP contribution is -2.35. The number of hydrogen-bond donors (Lipinski definition) is 1. The molecule has 1 fully saturated rings.